The zero-order chi connectivity index (χ0) is 24.1. The molecule has 3 fully saturated rings. The Kier molecular flexibility index (Phi) is 8.18. The van der Waals surface area contributed by atoms with Gasteiger partial charge in [-0.15, -0.1) is 0 Å². The van der Waals surface area contributed by atoms with Crippen LogP contribution in [0.1, 0.15) is 93.0 Å². The second-order valence-corrected chi connectivity index (χ2v) is 10.9. The largest absolute Gasteiger partial charge is 0.496 e. The van der Waals surface area contributed by atoms with Gasteiger partial charge in [-0.1, -0.05) is 51.0 Å². The second kappa shape index (κ2) is 11.1. The van der Waals surface area contributed by atoms with Crippen molar-refractivity contribution in [2.24, 2.45) is 11.3 Å². The number of carbonyl (C=O) groups excluding carboxylic acids is 2. The molecule has 1 spiro atoms. The molecule has 1 atom stereocenters. The molecule has 2 saturated carbocycles. The van der Waals surface area contributed by atoms with Crippen LogP contribution in [0.2, 0.25) is 0 Å². The van der Waals surface area contributed by atoms with E-state index in [4.69, 9.17) is 4.74 Å². The lowest BCUT2D eigenvalue weighted by molar-refractivity contribution is -0.139. The first-order valence-electron chi connectivity index (χ1n) is 13.3. The minimum Gasteiger partial charge on any atom is -0.496 e. The van der Waals surface area contributed by atoms with E-state index in [1.54, 1.807) is 19.1 Å². The highest BCUT2D eigenvalue weighted by Gasteiger charge is 2.45. The van der Waals surface area contributed by atoms with E-state index in [1.807, 2.05) is 18.2 Å². The van der Waals surface area contributed by atoms with Crippen LogP contribution in [0.15, 0.2) is 18.2 Å². The monoisotopic (exact) mass is 470 g/mol. The SMILES string of the molecule is COc1cccc2c1CN(C)C2=O.O=C(CCC1CCCCC1)N1CCC(O)C2(CCCC2)C1. The predicted molar refractivity (Wildman–Crippen MR) is 133 cm³/mol. The van der Waals surface area contributed by atoms with Gasteiger partial charge in [0.25, 0.3) is 5.91 Å². The van der Waals surface area contributed by atoms with Crippen molar-refractivity contribution < 1.29 is 19.4 Å². The highest BCUT2D eigenvalue weighted by Crippen LogP contribution is 2.45. The maximum Gasteiger partial charge on any atom is 0.254 e. The van der Waals surface area contributed by atoms with Crippen LogP contribution in [0.4, 0.5) is 0 Å². The standard InChI is InChI=1S/C18H31NO2.C10H11NO2/c20-16-10-13-19(14-18(16)11-4-5-12-18)17(21)9-8-15-6-2-1-3-7-15;1-11-6-8-7(10(11)12)4-3-5-9(8)13-2/h15-16,20H,1-14H2;3-5H,6H2,1-2H3. The summed E-state index contributed by atoms with van der Waals surface area (Å²) in [5.41, 5.74) is 1.80. The van der Waals surface area contributed by atoms with E-state index < -0.39 is 0 Å². The molecular formula is C28H42N2O4. The molecule has 1 saturated heterocycles. The summed E-state index contributed by atoms with van der Waals surface area (Å²) in [5.74, 6) is 2.02. The number of amides is 2. The number of benzene rings is 1. The molecule has 2 aliphatic heterocycles. The summed E-state index contributed by atoms with van der Waals surface area (Å²) in [7, 11) is 3.42. The molecule has 188 valence electrons. The van der Waals surface area contributed by atoms with Gasteiger partial charge in [0.1, 0.15) is 5.75 Å². The molecule has 2 heterocycles. The average molecular weight is 471 g/mol. The number of carbonyl (C=O) groups is 2. The third kappa shape index (κ3) is 5.42. The van der Waals surface area contributed by atoms with E-state index in [2.05, 4.69) is 4.90 Å². The van der Waals surface area contributed by atoms with E-state index in [-0.39, 0.29) is 17.4 Å². The molecule has 6 heteroatoms. The molecule has 1 aromatic carbocycles. The first-order valence-corrected chi connectivity index (χ1v) is 13.3. The number of rotatable bonds is 4. The number of ether oxygens (including phenoxy) is 1. The topological polar surface area (TPSA) is 70.1 Å². The zero-order valence-corrected chi connectivity index (χ0v) is 21.1. The molecule has 6 nitrogen and oxygen atoms in total. The summed E-state index contributed by atoms with van der Waals surface area (Å²) in [4.78, 5) is 27.8. The van der Waals surface area contributed by atoms with Gasteiger partial charge in [0.05, 0.1) is 19.8 Å². The lowest BCUT2D eigenvalue weighted by Gasteiger charge is -2.44. The third-order valence-electron chi connectivity index (χ3n) is 8.65. The van der Waals surface area contributed by atoms with Crippen LogP contribution < -0.4 is 4.74 Å². The molecule has 1 aromatic rings. The summed E-state index contributed by atoms with van der Waals surface area (Å²) in [6, 6.07) is 5.56. The van der Waals surface area contributed by atoms with Gasteiger partial charge >= 0.3 is 0 Å². The summed E-state index contributed by atoms with van der Waals surface area (Å²) in [5, 5.41) is 10.4. The van der Waals surface area contributed by atoms with E-state index in [0.717, 1.165) is 68.0 Å². The molecule has 34 heavy (non-hydrogen) atoms. The second-order valence-electron chi connectivity index (χ2n) is 10.9. The fourth-order valence-electron chi connectivity index (χ4n) is 6.53. The highest BCUT2D eigenvalue weighted by molar-refractivity contribution is 5.98. The number of hydrogen-bond acceptors (Lipinski definition) is 4. The molecular weight excluding hydrogens is 428 g/mol. The number of methoxy groups -OCH3 is 1. The molecule has 0 bridgehead atoms. The van der Waals surface area contributed by atoms with Crippen LogP contribution >= 0.6 is 0 Å². The molecule has 0 radical (unpaired) electrons. The molecule has 1 N–H and O–H groups in total. The van der Waals surface area contributed by atoms with Crippen molar-refractivity contribution in [3.63, 3.8) is 0 Å². The molecule has 2 aliphatic carbocycles. The molecule has 0 aromatic heterocycles. The van der Waals surface area contributed by atoms with Gasteiger partial charge in [0, 0.05) is 43.1 Å². The van der Waals surface area contributed by atoms with Crippen molar-refractivity contribution in [2.75, 3.05) is 27.2 Å². The molecule has 5 rings (SSSR count). The van der Waals surface area contributed by atoms with Crippen molar-refractivity contribution in [1.29, 1.82) is 0 Å². The summed E-state index contributed by atoms with van der Waals surface area (Å²) < 4.78 is 5.17. The van der Waals surface area contributed by atoms with E-state index in [1.165, 1.54) is 44.9 Å². The van der Waals surface area contributed by atoms with E-state index in [0.29, 0.717) is 12.5 Å². The van der Waals surface area contributed by atoms with Gasteiger partial charge in [-0.2, -0.15) is 0 Å². The first kappa shape index (κ1) is 25.0. The minimum atomic E-state index is -0.178. The van der Waals surface area contributed by atoms with Gasteiger partial charge in [0.15, 0.2) is 0 Å². The van der Waals surface area contributed by atoms with Gasteiger partial charge in [0.2, 0.25) is 5.91 Å². The summed E-state index contributed by atoms with van der Waals surface area (Å²) in [6.07, 6.45) is 13.9. The van der Waals surface area contributed by atoms with E-state index in [9.17, 15) is 14.7 Å². The number of piperidine rings is 1. The van der Waals surface area contributed by atoms with Crippen molar-refractivity contribution >= 4 is 11.8 Å². The highest BCUT2D eigenvalue weighted by atomic mass is 16.5. The zero-order valence-electron chi connectivity index (χ0n) is 21.1. The predicted octanol–water partition coefficient (Wildman–Crippen LogP) is 4.78. The Morgan fingerprint density at radius 2 is 1.85 bits per heavy atom. The van der Waals surface area contributed by atoms with Crippen LogP contribution in [0.5, 0.6) is 5.75 Å². The lowest BCUT2D eigenvalue weighted by Crippen LogP contribution is -2.52. The smallest absolute Gasteiger partial charge is 0.254 e. The Balaban J connectivity index is 0.000000180. The maximum absolute atomic E-state index is 12.5. The molecule has 2 amide bonds. The molecule has 1 unspecified atom stereocenters. The van der Waals surface area contributed by atoms with Gasteiger partial charge < -0.3 is 19.6 Å². The lowest BCUT2D eigenvalue weighted by atomic mass is 9.76. The van der Waals surface area contributed by atoms with Crippen LogP contribution in [-0.2, 0) is 11.3 Å². The third-order valence-corrected chi connectivity index (χ3v) is 8.65. The number of nitrogens with zero attached hydrogens (tertiary/aromatic N) is 2. The van der Waals surface area contributed by atoms with Gasteiger partial charge in [-0.25, -0.2) is 0 Å². The van der Waals surface area contributed by atoms with Crippen molar-refractivity contribution in [2.45, 2.75) is 89.7 Å². The average Bonchev–Trinajstić information content (AvgIpc) is 3.45. The Morgan fingerprint density at radius 3 is 2.56 bits per heavy atom. The van der Waals surface area contributed by atoms with E-state index >= 15 is 0 Å². The molecule has 4 aliphatic rings. The van der Waals surface area contributed by atoms with Crippen molar-refractivity contribution in [3.05, 3.63) is 29.3 Å². The fraction of sp³-hybridized carbons (Fsp3) is 0.714. The van der Waals surface area contributed by atoms with Crippen LogP contribution in [0.3, 0.4) is 0 Å². The first-order chi connectivity index (χ1) is 16.4. The number of likely N-dealkylation sites (tertiary alicyclic amines) is 1. The minimum absolute atomic E-state index is 0.0404. The number of fused-ring (bicyclic) bond motifs is 1. The Morgan fingerprint density at radius 1 is 1.12 bits per heavy atom. The van der Waals surface area contributed by atoms with Crippen molar-refractivity contribution in [1.82, 2.24) is 9.80 Å². The number of hydrogen-bond donors (Lipinski definition) is 1. The quantitative estimate of drug-likeness (QED) is 0.687. The normalized spacial score (nSPS) is 24.1. The van der Waals surface area contributed by atoms with Gasteiger partial charge in [-0.3, -0.25) is 9.59 Å². The Hall–Kier alpha value is -2.08. The summed E-state index contributed by atoms with van der Waals surface area (Å²) >= 11 is 0. The fourth-order valence-corrected chi connectivity index (χ4v) is 6.53. The Labute approximate surface area is 204 Å². The Bertz CT molecular complexity index is 858. The van der Waals surface area contributed by atoms with Crippen LogP contribution in [0, 0.1) is 11.3 Å². The maximum atomic E-state index is 12.5. The summed E-state index contributed by atoms with van der Waals surface area (Å²) in [6.45, 7) is 2.24. The number of aliphatic hydroxyl groups excluding tert-OH is 1. The number of aliphatic hydroxyl groups is 1. The van der Waals surface area contributed by atoms with Crippen LogP contribution in [-0.4, -0.2) is 60.1 Å². The van der Waals surface area contributed by atoms with Crippen LogP contribution in [0.25, 0.3) is 0 Å². The van der Waals surface area contributed by atoms with Crippen molar-refractivity contribution in [3.8, 4) is 5.75 Å². The van der Waals surface area contributed by atoms with Gasteiger partial charge in [-0.05, 0) is 43.7 Å².